The van der Waals surface area contributed by atoms with E-state index in [1.165, 1.54) is 17.7 Å². The predicted octanol–water partition coefficient (Wildman–Crippen LogP) is 1.51. The third kappa shape index (κ3) is 2.06. The number of hydrogen-bond donors (Lipinski definition) is 1. The molecule has 1 aliphatic heterocycles. The summed E-state index contributed by atoms with van der Waals surface area (Å²) in [4.78, 5) is 25.0. The van der Waals surface area contributed by atoms with E-state index in [2.05, 4.69) is 5.32 Å². The maximum absolute atomic E-state index is 12.2. The van der Waals surface area contributed by atoms with Crippen molar-refractivity contribution in [3.8, 4) is 0 Å². The smallest absolute Gasteiger partial charge is 0.260 e. The molecule has 2 amide bonds. The molecule has 19 heavy (non-hydrogen) atoms. The fourth-order valence-electron chi connectivity index (χ4n) is 2.82. The summed E-state index contributed by atoms with van der Waals surface area (Å²) in [6.45, 7) is 0. The lowest BCUT2D eigenvalue weighted by Crippen LogP contribution is -2.39. The van der Waals surface area contributed by atoms with Gasteiger partial charge in [-0.05, 0) is 43.0 Å². The van der Waals surface area contributed by atoms with E-state index in [-0.39, 0.29) is 11.8 Å². The molecule has 4 nitrogen and oxygen atoms in total. The van der Waals surface area contributed by atoms with Crippen molar-refractivity contribution < 1.29 is 9.59 Å². The number of carbonyl (C=O) groups is 2. The molecule has 1 aliphatic carbocycles. The van der Waals surface area contributed by atoms with Crippen LogP contribution >= 0.6 is 0 Å². The van der Waals surface area contributed by atoms with Crippen molar-refractivity contribution in [1.29, 1.82) is 0 Å². The second kappa shape index (κ2) is 4.46. The van der Waals surface area contributed by atoms with Crippen LogP contribution in [0.25, 0.3) is 0 Å². The molecule has 0 aromatic heterocycles. The molecule has 1 saturated carbocycles. The predicted molar refractivity (Wildman–Crippen MR) is 71.8 cm³/mol. The Hall–Kier alpha value is -1.68. The quantitative estimate of drug-likeness (QED) is 0.836. The Labute approximate surface area is 112 Å². The molecule has 3 rings (SSSR count). The van der Waals surface area contributed by atoms with Gasteiger partial charge in [-0.25, -0.2) is 0 Å². The van der Waals surface area contributed by atoms with Gasteiger partial charge in [-0.3, -0.25) is 14.5 Å². The maximum Gasteiger partial charge on any atom is 0.260 e. The molecule has 1 aromatic carbocycles. The fourth-order valence-corrected chi connectivity index (χ4v) is 2.82. The van der Waals surface area contributed by atoms with E-state index in [0.717, 1.165) is 11.1 Å². The van der Waals surface area contributed by atoms with Crippen molar-refractivity contribution in [1.82, 2.24) is 10.2 Å². The highest BCUT2D eigenvalue weighted by Gasteiger charge is 2.33. The Kier molecular flexibility index (Phi) is 2.90. The molecule has 1 heterocycles. The van der Waals surface area contributed by atoms with E-state index < -0.39 is 0 Å². The number of fused-ring (bicyclic) bond motifs is 1. The zero-order chi connectivity index (χ0) is 13.6. The molecule has 1 unspecified atom stereocenters. The normalized spacial score (nSPS) is 20.4. The summed E-state index contributed by atoms with van der Waals surface area (Å²) in [6.07, 6.45) is 2.81. The molecule has 1 aromatic rings. The molecule has 0 radical (unpaired) electrons. The SMILES string of the molecule is CNC(c1ccc2c(c1)C(=O)N(C)C(=O)C2)C1CC1. The van der Waals surface area contributed by atoms with Crippen LogP contribution in [0.3, 0.4) is 0 Å². The first-order valence-electron chi connectivity index (χ1n) is 6.72. The van der Waals surface area contributed by atoms with Gasteiger partial charge in [-0.15, -0.1) is 0 Å². The van der Waals surface area contributed by atoms with Crippen LogP contribution in [0, 0.1) is 5.92 Å². The van der Waals surface area contributed by atoms with Crippen LogP contribution in [-0.4, -0.2) is 30.8 Å². The van der Waals surface area contributed by atoms with Crippen LogP contribution in [0.4, 0.5) is 0 Å². The molecule has 4 heteroatoms. The molecule has 0 spiro atoms. The lowest BCUT2D eigenvalue weighted by atomic mass is 9.93. The Bertz CT molecular complexity index is 549. The first kappa shape index (κ1) is 12.4. The second-order valence-corrected chi connectivity index (χ2v) is 5.46. The number of likely N-dealkylation sites (N-methyl/N-ethyl adjacent to an activating group) is 1. The summed E-state index contributed by atoms with van der Waals surface area (Å²) < 4.78 is 0. The number of hydrogen-bond acceptors (Lipinski definition) is 3. The number of amides is 2. The van der Waals surface area contributed by atoms with Crippen LogP contribution in [0.5, 0.6) is 0 Å². The lowest BCUT2D eigenvalue weighted by Gasteiger charge is -2.25. The number of benzene rings is 1. The van der Waals surface area contributed by atoms with Crippen LogP contribution < -0.4 is 5.32 Å². The zero-order valence-electron chi connectivity index (χ0n) is 11.3. The maximum atomic E-state index is 12.2. The first-order valence-corrected chi connectivity index (χ1v) is 6.72. The van der Waals surface area contributed by atoms with Crippen molar-refractivity contribution in [3.63, 3.8) is 0 Å². The largest absolute Gasteiger partial charge is 0.313 e. The minimum atomic E-state index is -0.182. The second-order valence-electron chi connectivity index (χ2n) is 5.46. The molecule has 0 saturated heterocycles. The number of nitrogens with zero attached hydrogens (tertiary/aromatic N) is 1. The third-order valence-electron chi connectivity index (χ3n) is 4.15. The molecule has 0 bridgehead atoms. The van der Waals surface area contributed by atoms with E-state index in [1.54, 1.807) is 7.05 Å². The number of nitrogens with one attached hydrogen (secondary N) is 1. The molecule has 100 valence electrons. The van der Waals surface area contributed by atoms with Crippen LogP contribution in [0.2, 0.25) is 0 Å². The van der Waals surface area contributed by atoms with E-state index in [9.17, 15) is 9.59 Å². The summed E-state index contributed by atoms with van der Waals surface area (Å²) in [5.41, 5.74) is 2.68. The van der Waals surface area contributed by atoms with Gasteiger partial charge in [-0.2, -0.15) is 0 Å². The van der Waals surface area contributed by atoms with Crippen LogP contribution in [0.15, 0.2) is 18.2 Å². The van der Waals surface area contributed by atoms with Gasteiger partial charge in [0, 0.05) is 18.7 Å². The molecule has 1 N–H and O–H groups in total. The Balaban J connectivity index is 1.99. The van der Waals surface area contributed by atoms with Gasteiger partial charge in [0.25, 0.3) is 5.91 Å². The topological polar surface area (TPSA) is 49.4 Å². The monoisotopic (exact) mass is 258 g/mol. The highest BCUT2D eigenvalue weighted by atomic mass is 16.2. The minimum Gasteiger partial charge on any atom is -0.313 e. The van der Waals surface area contributed by atoms with Gasteiger partial charge in [0.2, 0.25) is 5.91 Å². The number of rotatable bonds is 3. The van der Waals surface area contributed by atoms with Crippen molar-refractivity contribution in [3.05, 3.63) is 34.9 Å². The number of carbonyl (C=O) groups excluding carboxylic acids is 2. The van der Waals surface area contributed by atoms with Crippen molar-refractivity contribution >= 4 is 11.8 Å². The summed E-state index contributed by atoms with van der Waals surface area (Å²) in [5.74, 6) is 0.373. The van der Waals surface area contributed by atoms with Gasteiger partial charge >= 0.3 is 0 Å². The summed E-state index contributed by atoms with van der Waals surface area (Å²) in [6, 6.07) is 6.26. The average Bonchev–Trinajstić information content (AvgIpc) is 3.22. The highest BCUT2D eigenvalue weighted by molar-refractivity contribution is 6.09. The van der Waals surface area contributed by atoms with E-state index in [1.807, 2.05) is 25.2 Å². The van der Waals surface area contributed by atoms with Gasteiger partial charge in [-0.1, -0.05) is 12.1 Å². The summed E-state index contributed by atoms with van der Waals surface area (Å²) in [7, 11) is 3.51. The first-order chi connectivity index (χ1) is 9.11. The van der Waals surface area contributed by atoms with Crippen molar-refractivity contribution in [2.24, 2.45) is 5.92 Å². The summed E-state index contributed by atoms with van der Waals surface area (Å²) >= 11 is 0. The van der Waals surface area contributed by atoms with Crippen LogP contribution in [-0.2, 0) is 11.2 Å². The van der Waals surface area contributed by atoms with E-state index in [0.29, 0.717) is 23.9 Å². The molecule has 1 atom stereocenters. The van der Waals surface area contributed by atoms with Crippen molar-refractivity contribution in [2.75, 3.05) is 14.1 Å². The lowest BCUT2D eigenvalue weighted by molar-refractivity contribution is -0.127. The van der Waals surface area contributed by atoms with Gasteiger partial charge < -0.3 is 5.32 Å². The Morgan fingerprint density at radius 3 is 2.68 bits per heavy atom. The standard InChI is InChI=1S/C15H18N2O2/c1-16-14(9-3-4-9)11-6-5-10-8-13(18)17(2)15(19)12(10)7-11/h5-7,9,14,16H,3-4,8H2,1-2H3. The molecule has 2 aliphatic rings. The molecule has 1 fully saturated rings. The van der Waals surface area contributed by atoms with Gasteiger partial charge in [0.05, 0.1) is 6.42 Å². The van der Waals surface area contributed by atoms with Gasteiger partial charge in [0.15, 0.2) is 0 Å². The average molecular weight is 258 g/mol. The highest BCUT2D eigenvalue weighted by Crippen LogP contribution is 2.41. The molecular formula is C15H18N2O2. The zero-order valence-corrected chi connectivity index (χ0v) is 11.3. The van der Waals surface area contributed by atoms with E-state index in [4.69, 9.17) is 0 Å². The Morgan fingerprint density at radius 1 is 1.32 bits per heavy atom. The minimum absolute atomic E-state index is 0.127. The number of imide groups is 1. The molecular weight excluding hydrogens is 240 g/mol. The summed E-state index contributed by atoms with van der Waals surface area (Å²) in [5, 5.41) is 3.33. The fraction of sp³-hybridized carbons (Fsp3) is 0.467. The van der Waals surface area contributed by atoms with E-state index >= 15 is 0 Å². The third-order valence-corrected chi connectivity index (χ3v) is 4.15. The van der Waals surface area contributed by atoms with Crippen molar-refractivity contribution in [2.45, 2.75) is 25.3 Å². The van der Waals surface area contributed by atoms with Crippen LogP contribution in [0.1, 0.15) is 40.4 Å². The Morgan fingerprint density at radius 2 is 2.05 bits per heavy atom. The van der Waals surface area contributed by atoms with Gasteiger partial charge in [0.1, 0.15) is 0 Å².